The normalized spacial score (nSPS) is 10.3. The average Bonchev–Trinajstić information content (AvgIpc) is 2.28. The Kier molecular flexibility index (Phi) is 5.29. The van der Waals surface area contributed by atoms with Crippen molar-refractivity contribution in [2.45, 2.75) is 26.7 Å². The minimum absolute atomic E-state index is 0.0112. The van der Waals surface area contributed by atoms with Gasteiger partial charge in [0.05, 0.1) is 5.56 Å². The van der Waals surface area contributed by atoms with E-state index in [9.17, 15) is 4.79 Å². The van der Waals surface area contributed by atoms with E-state index < -0.39 is 0 Å². The molecular formula is C13H19ClN2O. The minimum atomic E-state index is -0.0112. The zero-order valence-corrected chi connectivity index (χ0v) is 11.1. The molecule has 0 atom stereocenters. The third-order valence-corrected chi connectivity index (χ3v) is 2.75. The van der Waals surface area contributed by atoms with Crippen LogP contribution in [0.25, 0.3) is 0 Å². The van der Waals surface area contributed by atoms with E-state index >= 15 is 0 Å². The number of rotatable bonds is 5. The predicted molar refractivity (Wildman–Crippen MR) is 72.3 cm³/mol. The van der Waals surface area contributed by atoms with Crippen LogP contribution >= 0.6 is 11.6 Å². The number of carbonyl (C=O) groups excluding carboxylic acids is 1. The first-order valence-electron chi connectivity index (χ1n) is 5.94. The lowest BCUT2D eigenvalue weighted by atomic mass is 10.1. The summed E-state index contributed by atoms with van der Waals surface area (Å²) in [5, 5.41) is 0.552. The maximum Gasteiger partial charge on any atom is 0.255 e. The average molecular weight is 255 g/mol. The van der Waals surface area contributed by atoms with Crippen LogP contribution in [-0.4, -0.2) is 23.9 Å². The Labute approximate surface area is 108 Å². The second kappa shape index (κ2) is 6.50. The van der Waals surface area contributed by atoms with E-state index in [1.165, 1.54) is 0 Å². The van der Waals surface area contributed by atoms with Gasteiger partial charge < -0.3 is 10.6 Å². The largest absolute Gasteiger partial charge is 0.398 e. The van der Waals surface area contributed by atoms with Gasteiger partial charge in [-0.2, -0.15) is 0 Å². The Morgan fingerprint density at radius 2 is 1.88 bits per heavy atom. The van der Waals surface area contributed by atoms with Crippen molar-refractivity contribution in [1.29, 1.82) is 0 Å². The second-order valence-electron chi connectivity index (χ2n) is 4.02. The molecule has 0 unspecified atom stereocenters. The molecule has 0 saturated heterocycles. The van der Waals surface area contributed by atoms with Crippen molar-refractivity contribution < 1.29 is 4.79 Å². The van der Waals surface area contributed by atoms with Crippen molar-refractivity contribution in [1.82, 2.24) is 4.90 Å². The van der Waals surface area contributed by atoms with Crippen LogP contribution < -0.4 is 5.73 Å². The van der Waals surface area contributed by atoms with E-state index in [0.717, 1.165) is 25.9 Å². The molecule has 0 fully saturated rings. The SMILES string of the molecule is CCCN(CCC)C(=O)c1ccc(Cl)cc1N. The third-order valence-electron chi connectivity index (χ3n) is 2.52. The molecule has 0 bridgehead atoms. The molecule has 0 aliphatic carbocycles. The molecule has 0 saturated carbocycles. The lowest BCUT2D eigenvalue weighted by molar-refractivity contribution is 0.0756. The maximum atomic E-state index is 12.3. The van der Waals surface area contributed by atoms with Crippen LogP contribution in [0.15, 0.2) is 18.2 Å². The van der Waals surface area contributed by atoms with E-state index in [2.05, 4.69) is 13.8 Å². The predicted octanol–water partition coefficient (Wildman–Crippen LogP) is 3.18. The van der Waals surface area contributed by atoms with E-state index in [0.29, 0.717) is 16.3 Å². The monoisotopic (exact) mass is 254 g/mol. The van der Waals surface area contributed by atoms with Crippen LogP contribution in [0.4, 0.5) is 5.69 Å². The molecule has 0 aliphatic rings. The van der Waals surface area contributed by atoms with Crippen molar-refractivity contribution >= 4 is 23.2 Å². The van der Waals surface area contributed by atoms with E-state index in [1.54, 1.807) is 18.2 Å². The van der Waals surface area contributed by atoms with Gasteiger partial charge in [-0.1, -0.05) is 25.4 Å². The molecule has 0 aliphatic heterocycles. The number of nitrogens with zero attached hydrogens (tertiary/aromatic N) is 1. The highest BCUT2D eigenvalue weighted by Gasteiger charge is 2.16. The number of nitrogen functional groups attached to an aromatic ring is 1. The van der Waals surface area contributed by atoms with Crippen molar-refractivity contribution in [2.75, 3.05) is 18.8 Å². The number of hydrogen-bond donors (Lipinski definition) is 1. The Bertz CT molecular complexity index is 387. The van der Waals surface area contributed by atoms with Gasteiger partial charge in [-0.3, -0.25) is 4.79 Å². The highest BCUT2D eigenvalue weighted by molar-refractivity contribution is 6.31. The van der Waals surface area contributed by atoms with Gasteiger partial charge in [0.1, 0.15) is 0 Å². The molecule has 1 amide bonds. The molecule has 1 aromatic carbocycles. The molecule has 0 heterocycles. The van der Waals surface area contributed by atoms with Gasteiger partial charge in [-0.25, -0.2) is 0 Å². The summed E-state index contributed by atoms with van der Waals surface area (Å²) < 4.78 is 0. The highest BCUT2D eigenvalue weighted by atomic mass is 35.5. The van der Waals surface area contributed by atoms with Crippen molar-refractivity contribution in [2.24, 2.45) is 0 Å². The summed E-state index contributed by atoms with van der Waals surface area (Å²) in [5.41, 5.74) is 6.80. The Morgan fingerprint density at radius 1 is 1.29 bits per heavy atom. The molecule has 0 spiro atoms. The fourth-order valence-electron chi connectivity index (χ4n) is 1.75. The summed E-state index contributed by atoms with van der Waals surface area (Å²) >= 11 is 5.82. The van der Waals surface area contributed by atoms with E-state index in [4.69, 9.17) is 17.3 Å². The first-order valence-corrected chi connectivity index (χ1v) is 6.32. The van der Waals surface area contributed by atoms with Gasteiger partial charge in [0.25, 0.3) is 5.91 Å². The van der Waals surface area contributed by atoms with E-state index in [-0.39, 0.29) is 5.91 Å². The summed E-state index contributed by atoms with van der Waals surface area (Å²) in [6.45, 7) is 5.63. The molecule has 1 rings (SSSR count). The zero-order chi connectivity index (χ0) is 12.8. The summed E-state index contributed by atoms with van der Waals surface area (Å²) in [6, 6.07) is 5.00. The molecule has 2 N–H and O–H groups in total. The van der Waals surface area contributed by atoms with Gasteiger partial charge in [-0.05, 0) is 31.0 Å². The number of benzene rings is 1. The van der Waals surface area contributed by atoms with Gasteiger partial charge >= 0.3 is 0 Å². The standard InChI is InChI=1S/C13H19ClN2O/c1-3-7-16(8-4-2)13(17)11-6-5-10(14)9-12(11)15/h5-6,9H,3-4,7-8,15H2,1-2H3. The number of anilines is 1. The minimum Gasteiger partial charge on any atom is -0.398 e. The smallest absolute Gasteiger partial charge is 0.255 e. The van der Waals surface area contributed by atoms with Crippen LogP contribution in [-0.2, 0) is 0 Å². The number of halogens is 1. The topological polar surface area (TPSA) is 46.3 Å². The van der Waals surface area contributed by atoms with Gasteiger partial charge in [-0.15, -0.1) is 0 Å². The summed E-state index contributed by atoms with van der Waals surface area (Å²) in [5.74, 6) is -0.0112. The molecular weight excluding hydrogens is 236 g/mol. The lowest BCUT2D eigenvalue weighted by Gasteiger charge is -2.22. The highest BCUT2D eigenvalue weighted by Crippen LogP contribution is 2.19. The van der Waals surface area contributed by atoms with Crippen molar-refractivity contribution in [3.8, 4) is 0 Å². The number of nitrogens with two attached hydrogens (primary N) is 1. The molecule has 0 aromatic heterocycles. The van der Waals surface area contributed by atoms with Gasteiger partial charge in [0.15, 0.2) is 0 Å². The Hall–Kier alpha value is -1.22. The molecule has 1 aromatic rings. The molecule has 94 valence electrons. The maximum absolute atomic E-state index is 12.3. The van der Waals surface area contributed by atoms with Crippen LogP contribution in [0.2, 0.25) is 5.02 Å². The number of amides is 1. The van der Waals surface area contributed by atoms with Crippen LogP contribution in [0.1, 0.15) is 37.0 Å². The van der Waals surface area contributed by atoms with Crippen LogP contribution in [0, 0.1) is 0 Å². The summed E-state index contributed by atoms with van der Waals surface area (Å²) in [7, 11) is 0. The third kappa shape index (κ3) is 3.63. The van der Waals surface area contributed by atoms with Gasteiger partial charge in [0.2, 0.25) is 0 Å². The van der Waals surface area contributed by atoms with Crippen molar-refractivity contribution in [3.63, 3.8) is 0 Å². The fraction of sp³-hybridized carbons (Fsp3) is 0.462. The number of hydrogen-bond acceptors (Lipinski definition) is 2. The van der Waals surface area contributed by atoms with Crippen LogP contribution in [0.3, 0.4) is 0 Å². The molecule has 4 heteroatoms. The Balaban J connectivity index is 2.92. The Morgan fingerprint density at radius 3 is 2.35 bits per heavy atom. The molecule has 3 nitrogen and oxygen atoms in total. The fourth-order valence-corrected chi connectivity index (χ4v) is 1.93. The summed E-state index contributed by atoms with van der Waals surface area (Å²) in [4.78, 5) is 14.1. The first kappa shape index (κ1) is 13.8. The lowest BCUT2D eigenvalue weighted by Crippen LogP contribution is -2.32. The zero-order valence-electron chi connectivity index (χ0n) is 10.4. The summed E-state index contributed by atoms with van der Waals surface area (Å²) in [6.07, 6.45) is 1.89. The molecule has 0 radical (unpaired) electrons. The quantitative estimate of drug-likeness (QED) is 0.821. The van der Waals surface area contributed by atoms with Crippen molar-refractivity contribution in [3.05, 3.63) is 28.8 Å². The van der Waals surface area contributed by atoms with Crippen LogP contribution in [0.5, 0.6) is 0 Å². The van der Waals surface area contributed by atoms with E-state index in [1.807, 2.05) is 4.90 Å². The number of carbonyl (C=O) groups is 1. The first-order chi connectivity index (χ1) is 8.10. The second-order valence-corrected chi connectivity index (χ2v) is 4.46. The van der Waals surface area contributed by atoms with Gasteiger partial charge in [0, 0.05) is 23.8 Å². The molecule has 17 heavy (non-hydrogen) atoms.